The van der Waals surface area contributed by atoms with Gasteiger partial charge >= 0.3 is 5.97 Å². The minimum atomic E-state index is -1.70. The van der Waals surface area contributed by atoms with Crippen LogP contribution in [0, 0.1) is 6.92 Å². The average Bonchev–Trinajstić information content (AvgIpc) is 3.63. The highest BCUT2D eigenvalue weighted by Gasteiger charge is 2.54. The maximum atomic E-state index is 13.7. The van der Waals surface area contributed by atoms with Crippen LogP contribution in [0.15, 0.2) is 17.2 Å². The van der Waals surface area contributed by atoms with Crippen LogP contribution in [0.4, 0.5) is 0 Å². The molecule has 41 heavy (non-hydrogen) atoms. The zero-order chi connectivity index (χ0) is 29.2. The number of carbonyl (C=O) groups is 3. The number of pyridine rings is 1. The summed E-state index contributed by atoms with van der Waals surface area (Å²) in [6, 6.07) is 3.03. The Morgan fingerprint density at radius 3 is 2.32 bits per heavy atom. The molecule has 0 unspecified atom stereocenters. The van der Waals surface area contributed by atoms with E-state index in [0.717, 1.165) is 5.69 Å². The topological polar surface area (TPSA) is 193 Å². The van der Waals surface area contributed by atoms with Crippen LogP contribution in [-0.2, 0) is 38.9 Å². The molecule has 220 valence electrons. The fraction of sp³-hybridized carbons (Fsp3) is 0.538. The summed E-state index contributed by atoms with van der Waals surface area (Å²) in [5.41, 5.74) is 9.76. The molecule has 1 saturated heterocycles. The van der Waals surface area contributed by atoms with Gasteiger partial charge in [0, 0.05) is 28.3 Å². The predicted molar refractivity (Wildman–Crippen MR) is 140 cm³/mol. The lowest BCUT2D eigenvalue weighted by Gasteiger charge is -2.31. The zero-order valence-corrected chi connectivity index (χ0v) is 22.8. The van der Waals surface area contributed by atoms with Crippen LogP contribution in [0.5, 0.6) is 0 Å². The molecule has 1 aliphatic heterocycles. The summed E-state index contributed by atoms with van der Waals surface area (Å²) in [6.07, 6.45) is 0. The second-order valence-electron chi connectivity index (χ2n) is 8.92. The first-order valence-corrected chi connectivity index (χ1v) is 12.9. The van der Waals surface area contributed by atoms with Gasteiger partial charge in [0.25, 0.3) is 5.79 Å². The lowest BCUT2D eigenvalue weighted by molar-refractivity contribution is -0.126. The van der Waals surface area contributed by atoms with Crippen molar-refractivity contribution < 1.29 is 47.5 Å². The Hall–Kier alpha value is -3.69. The Morgan fingerprint density at radius 2 is 1.68 bits per heavy atom. The number of ketones is 2. The molecule has 2 aromatic heterocycles. The van der Waals surface area contributed by atoms with Crippen LogP contribution in [0.3, 0.4) is 0 Å². The number of rotatable bonds is 16. The van der Waals surface area contributed by atoms with Gasteiger partial charge in [0.2, 0.25) is 11.6 Å². The van der Waals surface area contributed by atoms with E-state index in [-0.39, 0.29) is 62.1 Å². The first kappa shape index (κ1) is 30.3. The van der Waals surface area contributed by atoms with E-state index in [1.165, 1.54) is 13.2 Å². The number of ether oxygens (including phenoxy) is 7. The molecule has 0 bridgehead atoms. The fourth-order valence-corrected chi connectivity index (χ4v) is 4.45. The molecule has 1 aliphatic carbocycles. The minimum Gasteiger partial charge on any atom is -0.465 e. The molecule has 0 amide bonds. The van der Waals surface area contributed by atoms with Crippen molar-refractivity contribution in [1.82, 2.24) is 9.97 Å². The molecule has 0 saturated carbocycles. The highest BCUT2D eigenvalue weighted by atomic mass is 16.7. The van der Waals surface area contributed by atoms with E-state index in [2.05, 4.69) is 20.0 Å². The molecule has 0 atom stereocenters. The van der Waals surface area contributed by atoms with E-state index < -0.39 is 23.3 Å². The Balaban J connectivity index is 1.33. The number of Topliss-reactive ketones (excluding diaryl/α,β-unsaturated/α-hetero) is 2. The van der Waals surface area contributed by atoms with Crippen LogP contribution in [0.1, 0.15) is 42.6 Å². The van der Waals surface area contributed by atoms with Gasteiger partial charge in [0.05, 0.1) is 77.8 Å². The number of aromatic nitrogens is 2. The summed E-state index contributed by atoms with van der Waals surface area (Å²) in [6.45, 7) is 4.21. The van der Waals surface area contributed by atoms with Crippen LogP contribution in [0.25, 0.3) is 21.7 Å². The molecule has 0 aromatic carbocycles. The van der Waals surface area contributed by atoms with Gasteiger partial charge in [-0.15, -0.1) is 0 Å². The van der Waals surface area contributed by atoms with Gasteiger partial charge in [-0.05, 0) is 24.6 Å². The van der Waals surface area contributed by atoms with Gasteiger partial charge in [-0.25, -0.2) is 9.78 Å². The standard InChI is InChI=1S/C26H31N5O10/c1-16-13-18-22(29-16)21-17(25(34)35-2)14-19(30-23(21)24(33)26(18)40-11-12-41-26)20(32)15-39-10-9-38-8-7-37-6-5-36-4-3-28-31-27/h13-14,29H,3-12,15H2,1-2H3. The third kappa shape index (κ3) is 6.80. The number of fused-ring (bicyclic) bond motifs is 4. The van der Waals surface area contributed by atoms with Gasteiger partial charge in [-0.3, -0.25) is 9.59 Å². The normalized spacial score (nSPS) is 14.9. The summed E-state index contributed by atoms with van der Waals surface area (Å²) in [5, 5.41) is 3.35. The van der Waals surface area contributed by atoms with Crippen LogP contribution in [-0.4, -0.2) is 107 Å². The van der Waals surface area contributed by atoms with Crippen molar-refractivity contribution in [3.05, 3.63) is 50.8 Å². The molecule has 1 fully saturated rings. The number of aromatic amines is 1. The average molecular weight is 574 g/mol. The summed E-state index contributed by atoms with van der Waals surface area (Å²) >= 11 is 0. The van der Waals surface area contributed by atoms with Gasteiger partial charge in [-0.1, -0.05) is 5.11 Å². The van der Waals surface area contributed by atoms with Crippen molar-refractivity contribution in [3.8, 4) is 11.3 Å². The second-order valence-corrected chi connectivity index (χ2v) is 8.92. The Morgan fingerprint density at radius 1 is 1.05 bits per heavy atom. The number of aryl methyl sites for hydroxylation is 1. The van der Waals surface area contributed by atoms with Crippen molar-refractivity contribution in [2.24, 2.45) is 5.11 Å². The van der Waals surface area contributed by atoms with E-state index in [0.29, 0.717) is 44.3 Å². The maximum Gasteiger partial charge on any atom is 0.338 e. The number of nitrogens with one attached hydrogen (secondary N) is 1. The van der Waals surface area contributed by atoms with Crippen molar-refractivity contribution in [1.29, 1.82) is 0 Å². The van der Waals surface area contributed by atoms with Gasteiger partial charge < -0.3 is 38.1 Å². The lowest BCUT2D eigenvalue weighted by atomic mass is 9.84. The van der Waals surface area contributed by atoms with E-state index in [1.807, 2.05) is 0 Å². The molecule has 15 nitrogen and oxygen atoms in total. The molecule has 1 spiro atoms. The van der Waals surface area contributed by atoms with E-state index >= 15 is 0 Å². The van der Waals surface area contributed by atoms with E-state index in [4.69, 9.17) is 38.7 Å². The van der Waals surface area contributed by atoms with Crippen LogP contribution < -0.4 is 0 Å². The van der Waals surface area contributed by atoms with E-state index in [9.17, 15) is 14.4 Å². The number of hydrogen-bond donors (Lipinski definition) is 1. The van der Waals surface area contributed by atoms with Crippen LogP contribution >= 0.6 is 0 Å². The summed E-state index contributed by atoms with van der Waals surface area (Å²) in [5.74, 6) is -3.57. The number of methoxy groups -OCH3 is 1. The molecule has 1 N–H and O–H groups in total. The zero-order valence-electron chi connectivity index (χ0n) is 22.8. The fourth-order valence-electron chi connectivity index (χ4n) is 4.45. The van der Waals surface area contributed by atoms with Gasteiger partial charge in [0.15, 0.2) is 0 Å². The van der Waals surface area contributed by atoms with Gasteiger partial charge in [0.1, 0.15) is 18.0 Å². The van der Waals surface area contributed by atoms with Crippen molar-refractivity contribution in [2.45, 2.75) is 12.7 Å². The minimum absolute atomic E-state index is 0.00884. The number of carbonyl (C=O) groups excluding carboxylic acids is 3. The maximum absolute atomic E-state index is 13.7. The Bertz CT molecular complexity index is 1310. The smallest absolute Gasteiger partial charge is 0.338 e. The lowest BCUT2D eigenvalue weighted by Crippen LogP contribution is -2.41. The van der Waals surface area contributed by atoms with Crippen molar-refractivity contribution in [2.75, 3.05) is 79.7 Å². The van der Waals surface area contributed by atoms with Crippen molar-refractivity contribution >= 4 is 17.5 Å². The third-order valence-corrected chi connectivity index (χ3v) is 6.22. The monoisotopic (exact) mass is 573 g/mol. The Kier molecular flexibility index (Phi) is 10.5. The van der Waals surface area contributed by atoms with Crippen LogP contribution in [0.2, 0.25) is 0 Å². The Labute approximate surface area is 235 Å². The summed E-state index contributed by atoms with van der Waals surface area (Å²) < 4.78 is 37.9. The molecular weight excluding hydrogens is 542 g/mol. The molecule has 4 rings (SSSR count). The molecule has 2 aliphatic rings. The highest BCUT2D eigenvalue weighted by Crippen LogP contribution is 2.47. The number of esters is 1. The van der Waals surface area contributed by atoms with E-state index in [1.54, 1.807) is 13.0 Å². The second kappa shape index (κ2) is 14.3. The predicted octanol–water partition coefficient (Wildman–Crippen LogP) is 2.13. The molecule has 0 radical (unpaired) electrons. The first-order chi connectivity index (χ1) is 19.9. The largest absolute Gasteiger partial charge is 0.465 e. The number of nitrogens with zero attached hydrogens (tertiary/aromatic N) is 4. The molecular formula is C26H31N5O10. The van der Waals surface area contributed by atoms with Crippen molar-refractivity contribution in [3.63, 3.8) is 0 Å². The SMILES string of the molecule is COC(=O)c1cc(C(=O)COCCOCCOCCOCCN=[N+]=[N-])nc2c1-c1[nH]c(C)cc1C1(OCCO1)C2=O. The number of azide groups is 1. The third-order valence-electron chi connectivity index (χ3n) is 6.22. The number of H-pyrrole nitrogens is 1. The molecule has 15 heteroatoms. The molecule has 3 heterocycles. The summed E-state index contributed by atoms with van der Waals surface area (Å²) in [7, 11) is 1.21. The quantitative estimate of drug-likeness (QED) is 0.0772. The summed E-state index contributed by atoms with van der Waals surface area (Å²) in [4.78, 5) is 49.5. The highest BCUT2D eigenvalue weighted by molar-refractivity contribution is 6.14. The molecule has 2 aromatic rings. The first-order valence-electron chi connectivity index (χ1n) is 12.9. The number of hydrogen-bond acceptors (Lipinski definition) is 12. The van der Waals surface area contributed by atoms with Gasteiger partial charge in [-0.2, -0.15) is 0 Å².